The van der Waals surface area contributed by atoms with Gasteiger partial charge in [-0.2, -0.15) is 0 Å². The Kier molecular flexibility index (Phi) is 9.66. The van der Waals surface area contributed by atoms with Crippen LogP contribution in [0.1, 0.15) is 93.0 Å². The Bertz CT molecular complexity index is 1660. The van der Waals surface area contributed by atoms with Gasteiger partial charge in [-0.15, -0.1) is 35.4 Å². The molecule has 1 aliphatic rings. The topological polar surface area (TPSA) is 63.1 Å². The Morgan fingerprint density at radius 1 is 0.860 bits per heavy atom. The molecule has 0 saturated heterocycles. The molecule has 1 heterocycles. The number of carbonyl (C=O) groups excluding carboxylic acids is 1. The number of nitrogens with zero attached hydrogens (tertiary/aromatic N) is 2. The summed E-state index contributed by atoms with van der Waals surface area (Å²) in [5, 5.41) is 12.1. The molecule has 3 aromatic carbocycles. The Morgan fingerprint density at radius 2 is 1.51 bits per heavy atom. The van der Waals surface area contributed by atoms with Crippen LogP contribution in [0, 0.1) is 16.9 Å². The number of rotatable bonds is 2. The van der Waals surface area contributed by atoms with Gasteiger partial charge in [-0.05, 0) is 38.6 Å². The van der Waals surface area contributed by atoms with Gasteiger partial charge in [0.2, 0.25) is 0 Å². The van der Waals surface area contributed by atoms with Crippen LogP contribution in [0.25, 0.3) is 33.2 Å². The largest absolute Gasteiger partial charge is 0.512 e. The van der Waals surface area contributed by atoms with Gasteiger partial charge in [0.1, 0.15) is 12.1 Å². The van der Waals surface area contributed by atoms with Gasteiger partial charge < -0.3 is 5.11 Å². The number of carbonyl (C=O) groups is 1. The maximum atomic E-state index is 11.5. The zero-order chi connectivity index (χ0) is 31.3. The number of aromatic nitrogens is 2. The summed E-state index contributed by atoms with van der Waals surface area (Å²) in [6.07, 6.45) is 3.04. The molecule has 0 atom stereocenters. The molecule has 229 valence electrons. The van der Waals surface area contributed by atoms with E-state index in [9.17, 15) is 9.90 Å². The first-order valence-corrected chi connectivity index (χ1v) is 14.7. The number of benzene rings is 3. The molecular weight excluding hydrogens is 709 g/mol. The van der Waals surface area contributed by atoms with E-state index in [1.165, 1.54) is 33.5 Å². The smallest absolute Gasteiger partial charge is 0.164 e. The zero-order valence-electron chi connectivity index (χ0n) is 27.4. The van der Waals surface area contributed by atoms with Gasteiger partial charge in [-0.1, -0.05) is 113 Å². The molecule has 1 N–H and O–H groups in total. The van der Waals surface area contributed by atoms with Crippen molar-refractivity contribution in [3.8, 4) is 22.4 Å². The Hall–Kier alpha value is -3.14. The first-order chi connectivity index (χ1) is 19.3. The fourth-order valence-electron chi connectivity index (χ4n) is 5.19. The summed E-state index contributed by atoms with van der Waals surface area (Å²) in [6.45, 7) is 22.3. The van der Waals surface area contributed by atoms with Crippen molar-refractivity contribution in [1.82, 2.24) is 9.97 Å². The van der Waals surface area contributed by atoms with Crippen LogP contribution in [0.15, 0.2) is 72.8 Å². The molecule has 0 saturated carbocycles. The average Bonchev–Trinajstić information content (AvgIpc) is 3.14. The van der Waals surface area contributed by atoms with E-state index < -0.39 is 5.41 Å². The second kappa shape index (κ2) is 12.1. The van der Waals surface area contributed by atoms with E-state index in [1.54, 1.807) is 6.33 Å². The number of hydrogen-bond acceptors (Lipinski definition) is 4. The van der Waals surface area contributed by atoms with E-state index in [-0.39, 0.29) is 47.9 Å². The standard InChI is InChI=1S/C27H25N2.C11H20O2.Ir/c1-26(2,3)19-13-10-18(11-14-19)24-22-21-15-12-17-8-6-7-9-20(17)23(21)27(4,5)25(22)29-16-28-24;1-10(2,3)8(12)7-9(13)11(4,5)6;/h6-10,12-16H,1-5H3;7,12H,1-6H3;/q-1;;/b;8-7-;. The van der Waals surface area contributed by atoms with Gasteiger partial charge in [-0.25, -0.2) is 4.98 Å². The van der Waals surface area contributed by atoms with Crippen LogP contribution in [0.4, 0.5) is 0 Å². The van der Waals surface area contributed by atoms with Crippen molar-refractivity contribution >= 4 is 16.6 Å². The Morgan fingerprint density at radius 3 is 2.07 bits per heavy atom. The molecule has 1 aromatic heterocycles. The predicted octanol–water partition coefficient (Wildman–Crippen LogP) is 9.79. The number of aliphatic hydroxyl groups excluding tert-OH is 1. The molecule has 0 spiro atoms. The quantitative estimate of drug-likeness (QED) is 0.126. The van der Waals surface area contributed by atoms with Crippen LogP contribution in [0.2, 0.25) is 0 Å². The van der Waals surface area contributed by atoms with Gasteiger partial charge in [0.05, 0.1) is 5.69 Å². The number of fused-ring (bicyclic) bond motifs is 5. The van der Waals surface area contributed by atoms with Crippen molar-refractivity contribution in [1.29, 1.82) is 0 Å². The second-order valence-electron chi connectivity index (χ2n) is 14.9. The fraction of sp³-hybridized carbons (Fsp3) is 0.395. The van der Waals surface area contributed by atoms with Crippen molar-refractivity contribution in [3.05, 3.63) is 95.6 Å². The van der Waals surface area contributed by atoms with E-state index in [4.69, 9.17) is 9.97 Å². The van der Waals surface area contributed by atoms with Gasteiger partial charge >= 0.3 is 0 Å². The second-order valence-corrected chi connectivity index (χ2v) is 14.9. The van der Waals surface area contributed by atoms with Gasteiger partial charge in [0.25, 0.3) is 0 Å². The third-order valence-corrected chi connectivity index (χ3v) is 7.97. The van der Waals surface area contributed by atoms with Gasteiger partial charge in [0.15, 0.2) is 5.78 Å². The summed E-state index contributed by atoms with van der Waals surface area (Å²) in [6, 6.07) is 23.0. The summed E-state index contributed by atoms with van der Waals surface area (Å²) < 4.78 is 0. The summed E-state index contributed by atoms with van der Waals surface area (Å²) in [7, 11) is 0. The Balaban J connectivity index is 0.000000310. The van der Waals surface area contributed by atoms with E-state index in [1.807, 2.05) is 41.5 Å². The van der Waals surface area contributed by atoms with Crippen molar-refractivity contribution in [2.45, 2.75) is 87.0 Å². The molecule has 43 heavy (non-hydrogen) atoms. The number of aliphatic hydroxyl groups is 1. The SMILES string of the molecule is CC(C)(C)C(=O)/C=C(\O)C(C)(C)C.CC(C)(C)c1c[c-]c(-c2ncnc3c2-c2ccc4ccccc4c2C3(C)C)cc1.[Ir]. The number of allylic oxidation sites excluding steroid dienone is 2. The van der Waals surface area contributed by atoms with Gasteiger partial charge in [0, 0.05) is 42.4 Å². The summed E-state index contributed by atoms with van der Waals surface area (Å²) in [5.74, 6) is 0.104. The first kappa shape index (κ1) is 34.4. The molecule has 0 amide bonds. The maximum Gasteiger partial charge on any atom is 0.164 e. The molecule has 0 fully saturated rings. The summed E-state index contributed by atoms with van der Waals surface area (Å²) in [4.78, 5) is 21.0. The molecule has 5 rings (SSSR count). The van der Waals surface area contributed by atoms with Crippen LogP contribution in [0.5, 0.6) is 0 Å². The van der Waals surface area contributed by atoms with Crippen molar-refractivity contribution < 1.29 is 30.0 Å². The van der Waals surface area contributed by atoms with Crippen LogP contribution >= 0.6 is 0 Å². The minimum atomic E-state index is -0.417. The van der Waals surface area contributed by atoms with E-state index in [0.717, 1.165) is 22.5 Å². The molecule has 0 bridgehead atoms. The first-order valence-electron chi connectivity index (χ1n) is 14.7. The molecule has 0 unspecified atom stereocenters. The van der Waals surface area contributed by atoms with Crippen molar-refractivity contribution in [3.63, 3.8) is 0 Å². The normalized spacial score (nSPS) is 14.3. The molecule has 4 nitrogen and oxygen atoms in total. The minimum Gasteiger partial charge on any atom is -0.512 e. The zero-order valence-corrected chi connectivity index (χ0v) is 29.8. The van der Waals surface area contributed by atoms with Crippen LogP contribution in [-0.4, -0.2) is 20.9 Å². The minimum absolute atomic E-state index is 0. The Labute approximate surface area is 271 Å². The summed E-state index contributed by atoms with van der Waals surface area (Å²) >= 11 is 0. The van der Waals surface area contributed by atoms with Crippen molar-refractivity contribution in [2.24, 2.45) is 10.8 Å². The molecule has 5 heteroatoms. The van der Waals surface area contributed by atoms with E-state index in [2.05, 4.69) is 95.3 Å². The predicted molar refractivity (Wildman–Crippen MR) is 175 cm³/mol. The third-order valence-electron chi connectivity index (χ3n) is 7.97. The molecule has 4 aromatic rings. The number of hydrogen-bond donors (Lipinski definition) is 1. The van der Waals surface area contributed by atoms with Gasteiger partial charge in [-0.3, -0.25) is 9.78 Å². The van der Waals surface area contributed by atoms with Crippen LogP contribution in [0.3, 0.4) is 0 Å². The molecule has 0 aliphatic heterocycles. The molecule has 1 aliphatic carbocycles. The van der Waals surface area contributed by atoms with E-state index >= 15 is 0 Å². The average molecular weight is 754 g/mol. The van der Waals surface area contributed by atoms with Crippen LogP contribution in [-0.2, 0) is 35.7 Å². The molecular formula is C38H45IrN2O2-. The number of ketones is 1. The van der Waals surface area contributed by atoms with E-state index in [0.29, 0.717) is 0 Å². The summed E-state index contributed by atoms with van der Waals surface area (Å²) in [5.41, 5.74) is 7.28. The maximum absolute atomic E-state index is 11.5. The monoisotopic (exact) mass is 754 g/mol. The third kappa shape index (κ3) is 7.00. The molecule has 1 radical (unpaired) electrons. The van der Waals surface area contributed by atoms with Crippen molar-refractivity contribution in [2.75, 3.05) is 0 Å². The fourth-order valence-corrected chi connectivity index (χ4v) is 5.19. The van der Waals surface area contributed by atoms with Crippen LogP contribution < -0.4 is 0 Å².